The predicted molar refractivity (Wildman–Crippen MR) is 73.4 cm³/mol. The Bertz CT molecular complexity index is 544. The lowest BCUT2D eigenvalue weighted by molar-refractivity contribution is 0.166. The molecule has 0 radical (unpaired) electrons. The van der Waals surface area contributed by atoms with E-state index in [9.17, 15) is 8.42 Å². The molecule has 0 bridgehead atoms. The third kappa shape index (κ3) is 3.19. The highest BCUT2D eigenvalue weighted by Gasteiger charge is 2.33. The van der Waals surface area contributed by atoms with Gasteiger partial charge in [0, 0.05) is 12.6 Å². The average molecular weight is 286 g/mol. The number of rotatable bonds is 6. The van der Waals surface area contributed by atoms with E-state index in [2.05, 4.69) is 17.0 Å². The summed E-state index contributed by atoms with van der Waals surface area (Å²) >= 11 is 0. The Balaban J connectivity index is 2.10. The number of sulfonamides is 1. The van der Waals surface area contributed by atoms with Crippen LogP contribution in [-0.2, 0) is 16.6 Å². The van der Waals surface area contributed by atoms with Crippen LogP contribution in [0.1, 0.15) is 37.7 Å². The molecule has 5 nitrogen and oxygen atoms in total. The Morgan fingerprint density at radius 2 is 2.11 bits per heavy atom. The van der Waals surface area contributed by atoms with Gasteiger partial charge in [0.15, 0.2) is 0 Å². The molecule has 0 spiro atoms. The van der Waals surface area contributed by atoms with Gasteiger partial charge in [-0.05, 0) is 32.2 Å². The topological polar surface area (TPSA) is 71.3 Å². The molecule has 1 heterocycles. The fourth-order valence-electron chi connectivity index (χ4n) is 2.36. The van der Waals surface area contributed by atoms with Crippen molar-refractivity contribution < 1.29 is 12.8 Å². The van der Waals surface area contributed by atoms with E-state index in [-0.39, 0.29) is 10.3 Å². The van der Waals surface area contributed by atoms with E-state index in [0.29, 0.717) is 24.6 Å². The minimum absolute atomic E-state index is 0.124. The van der Waals surface area contributed by atoms with Gasteiger partial charge in [0.1, 0.15) is 16.4 Å². The first-order valence-electron chi connectivity index (χ1n) is 6.60. The molecule has 2 rings (SSSR count). The van der Waals surface area contributed by atoms with E-state index in [4.69, 9.17) is 4.42 Å². The monoisotopic (exact) mass is 286 g/mol. The lowest BCUT2D eigenvalue weighted by atomic mass is 9.71. The number of aryl methyl sites for hydroxylation is 1. The molecular formula is C13H22N2O3S. The Morgan fingerprint density at radius 1 is 1.42 bits per heavy atom. The molecule has 1 aromatic rings. The molecule has 1 saturated carbocycles. The second-order valence-electron chi connectivity index (χ2n) is 5.65. The molecule has 0 saturated heterocycles. The van der Waals surface area contributed by atoms with Crippen molar-refractivity contribution in [3.8, 4) is 0 Å². The van der Waals surface area contributed by atoms with Crippen molar-refractivity contribution in [2.45, 2.75) is 44.6 Å². The zero-order chi connectivity index (χ0) is 14.1. The van der Waals surface area contributed by atoms with Gasteiger partial charge in [-0.2, -0.15) is 0 Å². The fraction of sp³-hybridized carbons (Fsp3) is 0.692. The maximum absolute atomic E-state index is 12.3. The Hall–Kier alpha value is -0.850. The van der Waals surface area contributed by atoms with Crippen molar-refractivity contribution >= 4 is 10.0 Å². The maximum atomic E-state index is 12.3. The molecule has 1 aromatic heterocycles. The smallest absolute Gasteiger partial charge is 0.244 e. The van der Waals surface area contributed by atoms with Crippen LogP contribution in [0.3, 0.4) is 0 Å². The van der Waals surface area contributed by atoms with Crippen molar-refractivity contribution in [2.75, 3.05) is 13.6 Å². The lowest BCUT2D eigenvalue weighted by Crippen LogP contribution is -2.39. The molecule has 1 aliphatic rings. The van der Waals surface area contributed by atoms with E-state index in [1.807, 2.05) is 0 Å². The summed E-state index contributed by atoms with van der Waals surface area (Å²) in [5.74, 6) is 1.08. The highest BCUT2D eigenvalue weighted by atomic mass is 32.2. The molecule has 0 atom stereocenters. The normalized spacial score (nSPS) is 18.3. The summed E-state index contributed by atoms with van der Waals surface area (Å²) in [6, 6.07) is 1.59. The first-order chi connectivity index (χ1) is 8.86. The van der Waals surface area contributed by atoms with E-state index < -0.39 is 10.0 Å². The first kappa shape index (κ1) is 14.6. The van der Waals surface area contributed by atoms with Gasteiger partial charge in [0.05, 0.1) is 6.54 Å². The van der Waals surface area contributed by atoms with Gasteiger partial charge in [-0.15, -0.1) is 0 Å². The summed E-state index contributed by atoms with van der Waals surface area (Å²) in [6.45, 7) is 4.82. The molecule has 6 heteroatoms. The molecule has 0 aliphatic heterocycles. The van der Waals surface area contributed by atoms with Gasteiger partial charge in [-0.25, -0.2) is 13.1 Å². The molecule has 0 aromatic carbocycles. The number of hydrogen-bond donors (Lipinski definition) is 2. The molecule has 0 unspecified atom stereocenters. The summed E-state index contributed by atoms with van der Waals surface area (Å²) in [5, 5.41) is 2.94. The first-order valence-corrected chi connectivity index (χ1v) is 8.08. The van der Waals surface area contributed by atoms with Crippen molar-refractivity contribution in [2.24, 2.45) is 5.41 Å². The van der Waals surface area contributed by atoms with Crippen LogP contribution in [0, 0.1) is 12.3 Å². The molecule has 0 amide bonds. The second-order valence-corrected chi connectivity index (χ2v) is 7.39. The van der Waals surface area contributed by atoms with E-state index in [1.165, 1.54) is 6.42 Å². The number of hydrogen-bond acceptors (Lipinski definition) is 4. The minimum Gasteiger partial charge on any atom is -0.464 e. The average Bonchev–Trinajstić information content (AvgIpc) is 2.67. The molecule has 1 fully saturated rings. The van der Waals surface area contributed by atoms with Gasteiger partial charge < -0.3 is 9.73 Å². The molecular weight excluding hydrogens is 264 g/mol. The fourth-order valence-corrected chi connectivity index (χ4v) is 3.76. The van der Waals surface area contributed by atoms with Crippen LogP contribution in [-0.4, -0.2) is 22.0 Å². The zero-order valence-electron chi connectivity index (χ0n) is 11.7. The number of furan rings is 1. The van der Waals surface area contributed by atoms with Gasteiger partial charge in [0.2, 0.25) is 10.0 Å². The van der Waals surface area contributed by atoms with Crippen LogP contribution in [0.5, 0.6) is 0 Å². The van der Waals surface area contributed by atoms with Gasteiger partial charge in [-0.1, -0.05) is 13.3 Å². The second kappa shape index (κ2) is 5.26. The van der Waals surface area contributed by atoms with Gasteiger partial charge in [-0.3, -0.25) is 0 Å². The van der Waals surface area contributed by atoms with Crippen LogP contribution >= 0.6 is 0 Å². The van der Waals surface area contributed by atoms with Crippen molar-refractivity contribution in [1.29, 1.82) is 0 Å². The summed E-state index contributed by atoms with van der Waals surface area (Å²) in [7, 11) is -1.68. The SMILES string of the molecule is CNCc1cc(S(=O)(=O)NCC2(C)CCC2)c(C)o1. The quantitative estimate of drug-likeness (QED) is 0.836. The molecule has 2 N–H and O–H groups in total. The summed E-state index contributed by atoms with van der Waals surface area (Å²) in [5.41, 5.74) is 0.124. The van der Waals surface area contributed by atoms with Gasteiger partial charge in [0.25, 0.3) is 0 Å². The summed E-state index contributed by atoms with van der Waals surface area (Å²) < 4.78 is 32.7. The van der Waals surface area contributed by atoms with Crippen molar-refractivity contribution in [3.05, 3.63) is 17.6 Å². The largest absolute Gasteiger partial charge is 0.464 e. The number of nitrogens with one attached hydrogen (secondary N) is 2. The third-order valence-electron chi connectivity index (χ3n) is 3.81. The van der Waals surface area contributed by atoms with E-state index in [1.54, 1.807) is 20.0 Å². The van der Waals surface area contributed by atoms with Crippen LogP contribution < -0.4 is 10.0 Å². The maximum Gasteiger partial charge on any atom is 0.244 e. The Labute approximate surface area is 114 Å². The Kier molecular flexibility index (Phi) is 4.03. The van der Waals surface area contributed by atoms with Crippen molar-refractivity contribution in [1.82, 2.24) is 10.0 Å². The Morgan fingerprint density at radius 3 is 2.63 bits per heavy atom. The zero-order valence-corrected chi connectivity index (χ0v) is 12.6. The summed E-state index contributed by atoms with van der Waals surface area (Å²) in [6.07, 6.45) is 3.37. The molecule has 108 valence electrons. The highest BCUT2D eigenvalue weighted by Crippen LogP contribution is 2.39. The third-order valence-corrected chi connectivity index (χ3v) is 5.32. The van der Waals surface area contributed by atoms with Crippen LogP contribution in [0.25, 0.3) is 0 Å². The van der Waals surface area contributed by atoms with Crippen molar-refractivity contribution in [3.63, 3.8) is 0 Å². The van der Waals surface area contributed by atoms with E-state index in [0.717, 1.165) is 12.8 Å². The highest BCUT2D eigenvalue weighted by molar-refractivity contribution is 7.89. The molecule has 19 heavy (non-hydrogen) atoms. The van der Waals surface area contributed by atoms with E-state index >= 15 is 0 Å². The molecule has 1 aliphatic carbocycles. The van der Waals surface area contributed by atoms with Crippen LogP contribution in [0.4, 0.5) is 0 Å². The predicted octanol–water partition coefficient (Wildman–Crippen LogP) is 1.78. The lowest BCUT2D eigenvalue weighted by Gasteiger charge is -2.38. The van der Waals surface area contributed by atoms with Gasteiger partial charge >= 0.3 is 0 Å². The minimum atomic E-state index is -3.47. The van der Waals surface area contributed by atoms with Crippen LogP contribution in [0.15, 0.2) is 15.4 Å². The summed E-state index contributed by atoms with van der Waals surface area (Å²) in [4.78, 5) is 0.251. The standard InChI is InChI=1S/C13H22N2O3S/c1-10-12(7-11(18-10)8-14-3)19(16,17)15-9-13(2)5-4-6-13/h7,14-15H,4-6,8-9H2,1-3H3. The van der Waals surface area contributed by atoms with Crippen LogP contribution in [0.2, 0.25) is 0 Å².